The molecule has 0 bridgehead atoms. The van der Waals surface area contributed by atoms with E-state index in [0.717, 1.165) is 38.5 Å². The topological polar surface area (TPSA) is 108 Å². The van der Waals surface area contributed by atoms with Crippen LogP contribution in [0.3, 0.4) is 0 Å². The highest BCUT2D eigenvalue weighted by molar-refractivity contribution is 7.47. The fraction of sp³-hybridized carbons (Fsp3) is 0.960. The normalized spacial score (nSPS) is 13.4. The number of phosphoric acid groups is 1. The number of carbonyl (C=O) groups is 2. The third-order valence-electron chi connectivity index (χ3n) is 11.6. The number of ether oxygens (including phenoxy) is 2. The van der Waals surface area contributed by atoms with E-state index in [1.165, 1.54) is 193 Å². The van der Waals surface area contributed by atoms with Crippen LogP contribution in [0.2, 0.25) is 0 Å². The molecule has 0 amide bonds. The quantitative estimate of drug-likeness (QED) is 0.0279. The van der Waals surface area contributed by atoms with Crippen LogP contribution in [0, 0.1) is 0 Å². The lowest BCUT2D eigenvalue weighted by atomic mass is 10.0. The molecule has 0 heterocycles. The Kier molecular flexibility index (Phi) is 42.6. The molecule has 0 aromatic rings. The van der Waals surface area contributed by atoms with Gasteiger partial charge in [0.15, 0.2) is 6.10 Å². The van der Waals surface area contributed by atoms with Crippen molar-refractivity contribution in [3.8, 4) is 0 Å². The molecule has 9 nitrogen and oxygen atoms in total. The van der Waals surface area contributed by atoms with Crippen molar-refractivity contribution in [1.82, 2.24) is 0 Å². The number of hydrogen-bond acceptors (Lipinski definition) is 7. The lowest BCUT2D eigenvalue weighted by Crippen LogP contribution is -2.37. The van der Waals surface area contributed by atoms with Crippen LogP contribution in [0.5, 0.6) is 0 Å². The van der Waals surface area contributed by atoms with E-state index in [-0.39, 0.29) is 25.6 Å². The van der Waals surface area contributed by atoms with Crippen LogP contribution in [-0.4, -0.2) is 74.9 Å². The van der Waals surface area contributed by atoms with Crippen LogP contribution < -0.4 is 0 Å². The lowest BCUT2D eigenvalue weighted by molar-refractivity contribution is -0.870. The summed E-state index contributed by atoms with van der Waals surface area (Å²) in [5.41, 5.74) is 0. The molecule has 0 saturated carbocycles. The molecule has 358 valence electrons. The van der Waals surface area contributed by atoms with Crippen molar-refractivity contribution in [1.29, 1.82) is 0 Å². The van der Waals surface area contributed by atoms with Crippen LogP contribution in [-0.2, 0) is 32.7 Å². The van der Waals surface area contributed by atoms with Gasteiger partial charge in [0, 0.05) is 12.8 Å². The molecule has 2 atom stereocenters. The fourth-order valence-corrected chi connectivity index (χ4v) is 8.35. The number of esters is 2. The summed E-state index contributed by atoms with van der Waals surface area (Å²) >= 11 is 0. The number of nitrogens with zero attached hydrogens (tertiary/aromatic N) is 1. The van der Waals surface area contributed by atoms with Crippen molar-refractivity contribution >= 4 is 19.8 Å². The Balaban J connectivity index is 4.18. The van der Waals surface area contributed by atoms with E-state index < -0.39 is 26.5 Å². The van der Waals surface area contributed by atoms with Crippen molar-refractivity contribution in [2.45, 2.75) is 264 Å². The summed E-state index contributed by atoms with van der Waals surface area (Å²) in [6.45, 7) is 4.49. The average molecular weight is 875 g/mol. The summed E-state index contributed by atoms with van der Waals surface area (Å²) < 4.78 is 34.5. The number of carbonyl (C=O) groups excluding carboxylic acids is 2. The molecule has 0 fully saturated rings. The first-order valence-corrected chi connectivity index (χ1v) is 27.3. The molecule has 1 N–H and O–H groups in total. The maximum absolute atomic E-state index is 12.8. The minimum absolute atomic E-state index is 0.0372. The van der Waals surface area contributed by atoms with Crippen LogP contribution in [0.1, 0.15) is 258 Å². The third-order valence-corrected chi connectivity index (χ3v) is 12.6. The molecule has 0 rings (SSSR count). The largest absolute Gasteiger partial charge is 0.472 e. The predicted molar refractivity (Wildman–Crippen MR) is 252 cm³/mol. The summed E-state index contributed by atoms with van der Waals surface area (Å²) in [6, 6.07) is 0. The highest BCUT2D eigenvalue weighted by Gasteiger charge is 2.27. The van der Waals surface area contributed by atoms with Crippen LogP contribution >= 0.6 is 7.82 Å². The minimum atomic E-state index is -4.37. The van der Waals surface area contributed by atoms with E-state index >= 15 is 0 Å². The van der Waals surface area contributed by atoms with Gasteiger partial charge in [-0.15, -0.1) is 0 Å². The van der Waals surface area contributed by atoms with E-state index in [2.05, 4.69) is 13.8 Å². The molecular weight excluding hydrogens is 774 g/mol. The highest BCUT2D eigenvalue weighted by atomic mass is 31.2. The molecule has 0 aromatic heterocycles. The Morgan fingerprint density at radius 3 is 1.07 bits per heavy atom. The van der Waals surface area contributed by atoms with Crippen LogP contribution in [0.25, 0.3) is 0 Å². The van der Waals surface area contributed by atoms with Crippen molar-refractivity contribution in [2.24, 2.45) is 0 Å². The van der Waals surface area contributed by atoms with Gasteiger partial charge in [0.25, 0.3) is 0 Å². The fourth-order valence-electron chi connectivity index (χ4n) is 7.61. The highest BCUT2D eigenvalue weighted by Crippen LogP contribution is 2.43. The molecule has 0 aliphatic rings. The Bertz CT molecular complexity index is 990. The van der Waals surface area contributed by atoms with Gasteiger partial charge in [-0.25, -0.2) is 4.57 Å². The van der Waals surface area contributed by atoms with Gasteiger partial charge in [-0.3, -0.25) is 18.6 Å². The van der Waals surface area contributed by atoms with Crippen molar-refractivity contribution in [3.05, 3.63) is 0 Å². The van der Waals surface area contributed by atoms with Crippen molar-refractivity contribution < 1.29 is 42.1 Å². The maximum Gasteiger partial charge on any atom is 0.472 e. The molecule has 0 aliphatic carbocycles. The zero-order valence-corrected chi connectivity index (χ0v) is 41.4. The van der Waals surface area contributed by atoms with Crippen LogP contribution in [0.15, 0.2) is 0 Å². The van der Waals surface area contributed by atoms with E-state index in [1.54, 1.807) is 0 Å². The van der Waals surface area contributed by atoms with Gasteiger partial charge < -0.3 is 18.9 Å². The zero-order chi connectivity index (χ0) is 44.3. The molecule has 0 saturated heterocycles. The third kappa shape index (κ3) is 46.5. The molecule has 0 aromatic carbocycles. The first kappa shape index (κ1) is 59.0. The molecule has 0 aliphatic heterocycles. The van der Waals surface area contributed by atoms with E-state index in [0.29, 0.717) is 17.4 Å². The number of phosphoric ester groups is 1. The molecule has 60 heavy (non-hydrogen) atoms. The SMILES string of the molecule is CCCCCCCCCCCCCCCCCCCCCCCC(=O)O[C@H](COC(=O)CCCCCCCCCCCCCCCCC)COP(=O)(O)OCC[N+](C)(C)C. The number of hydrogen-bond donors (Lipinski definition) is 1. The smallest absolute Gasteiger partial charge is 0.462 e. The van der Waals surface area contributed by atoms with E-state index in [9.17, 15) is 19.0 Å². The summed E-state index contributed by atoms with van der Waals surface area (Å²) in [7, 11) is 1.50. The summed E-state index contributed by atoms with van der Waals surface area (Å²) in [5, 5.41) is 0. The van der Waals surface area contributed by atoms with Gasteiger partial charge in [-0.1, -0.05) is 232 Å². The number of likely N-dealkylation sites (N-methyl/N-ethyl adjacent to an activating group) is 1. The van der Waals surface area contributed by atoms with Crippen molar-refractivity contribution in [2.75, 3.05) is 47.5 Å². The molecule has 0 spiro atoms. The van der Waals surface area contributed by atoms with Gasteiger partial charge in [0.2, 0.25) is 0 Å². The van der Waals surface area contributed by atoms with E-state index in [4.69, 9.17) is 18.5 Å². The van der Waals surface area contributed by atoms with Gasteiger partial charge in [0.05, 0.1) is 27.7 Å². The second-order valence-electron chi connectivity index (χ2n) is 18.9. The van der Waals surface area contributed by atoms with E-state index in [1.807, 2.05) is 21.1 Å². The van der Waals surface area contributed by atoms with Gasteiger partial charge >= 0.3 is 19.8 Å². The summed E-state index contributed by atoms with van der Waals surface area (Å²) in [5.74, 6) is -0.778. The molecule has 10 heteroatoms. The second-order valence-corrected chi connectivity index (χ2v) is 20.4. The molecule has 0 radical (unpaired) electrons. The van der Waals surface area contributed by atoms with Gasteiger partial charge in [-0.2, -0.15) is 0 Å². The first-order chi connectivity index (χ1) is 29.0. The van der Waals surface area contributed by atoms with Crippen molar-refractivity contribution in [3.63, 3.8) is 0 Å². The van der Waals surface area contributed by atoms with Gasteiger partial charge in [0.1, 0.15) is 19.8 Å². The Morgan fingerprint density at radius 1 is 0.450 bits per heavy atom. The Labute approximate surface area is 372 Å². The van der Waals surface area contributed by atoms with Gasteiger partial charge in [-0.05, 0) is 12.8 Å². The first-order valence-electron chi connectivity index (χ1n) is 25.8. The zero-order valence-electron chi connectivity index (χ0n) is 40.5. The second kappa shape index (κ2) is 43.3. The molecular formula is C50H101NO8P+. The Morgan fingerprint density at radius 2 is 0.750 bits per heavy atom. The minimum Gasteiger partial charge on any atom is -0.462 e. The standard InChI is InChI=1S/C50H100NO8P/c1-6-8-10-12-14-16-18-20-22-23-24-25-26-27-29-31-33-35-37-39-41-43-50(53)59-48(47-58-60(54,55)57-45-44-51(3,4)5)46-56-49(52)42-40-38-36-34-32-30-28-21-19-17-15-13-11-9-7-2/h48H,6-47H2,1-5H3/p+1/t48-/m1/s1. The average Bonchev–Trinajstić information content (AvgIpc) is 3.20. The monoisotopic (exact) mass is 875 g/mol. The number of unbranched alkanes of at least 4 members (excludes halogenated alkanes) is 34. The summed E-state index contributed by atoms with van der Waals surface area (Å²) in [6.07, 6.45) is 45.8. The van der Waals surface area contributed by atoms with Crippen LogP contribution in [0.4, 0.5) is 0 Å². The summed E-state index contributed by atoms with van der Waals surface area (Å²) in [4.78, 5) is 35.5. The lowest BCUT2D eigenvalue weighted by Gasteiger charge is -2.24. The Hall–Kier alpha value is -0.990. The molecule has 1 unspecified atom stereocenters. The number of rotatable bonds is 48. The maximum atomic E-state index is 12.8. The predicted octanol–water partition coefficient (Wildman–Crippen LogP) is 15.1. The number of quaternary nitrogens is 1.